The van der Waals surface area contributed by atoms with Crippen LogP contribution in [0.2, 0.25) is 0 Å². The monoisotopic (exact) mass is 196 g/mol. The third-order valence-corrected chi connectivity index (χ3v) is 4.04. The van der Waals surface area contributed by atoms with Gasteiger partial charge >= 0.3 is 5.97 Å². The second-order valence-electron chi connectivity index (χ2n) is 5.28. The number of carbonyl (C=O) groups is 1. The van der Waals surface area contributed by atoms with Crippen molar-refractivity contribution in [2.24, 2.45) is 17.3 Å². The second kappa shape index (κ2) is 3.56. The van der Waals surface area contributed by atoms with Gasteiger partial charge < -0.3 is 4.74 Å². The number of methoxy groups -OCH3 is 1. The number of hydrogen-bond donors (Lipinski definition) is 0. The highest BCUT2D eigenvalue weighted by atomic mass is 16.5. The van der Waals surface area contributed by atoms with Crippen LogP contribution in [-0.4, -0.2) is 13.1 Å². The number of rotatable bonds is 1. The molecular weight excluding hydrogens is 176 g/mol. The first-order valence-corrected chi connectivity index (χ1v) is 5.75. The molecule has 0 spiro atoms. The summed E-state index contributed by atoms with van der Waals surface area (Å²) >= 11 is 0. The molecule has 0 amide bonds. The Kier molecular flexibility index (Phi) is 2.54. The van der Waals surface area contributed by atoms with Crippen molar-refractivity contribution in [1.82, 2.24) is 0 Å². The van der Waals surface area contributed by atoms with Gasteiger partial charge in [-0.25, -0.2) is 0 Å². The molecule has 14 heavy (non-hydrogen) atoms. The molecule has 0 saturated heterocycles. The van der Waals surface area contributed by atoms with E-state index in [0.29, 0.717) is 5.92 Å². The Morgan fingerprint density at radius 2 is 2.21 bits per heavy atom. The van der Waals surface area contributed by atoms with Gasteiger partial charge in [0, 0.05) is 0 Å². The van der Waals surface area contributed by atoms with Crippen molar-refractivity contribution in [2.45, 2.75) is 45.4 Å². The maximum atomic E-state index is 11.8. The zero-order valence-electron chi connectivity index (χ0n) is 9.21. The Morgan fingerprint density at radius 3 is 2.93 bits per heavy atom. The molecule has 80 valence electrons. The molecule has 2 rings (SSSR count). The van der Waals surface area contributed by atoms with Gasteiger partial charge in [0.1, 0.15) is 0 Å². The fraction of sp³-hybridized carbons (Fsp3) is 0.917. The molecule has 2 aliphatic carbocycles. The summed E-state index contributed by atoms with van der Waals surface area (Å²) in [7, 11) is 1.53. The summed E-state index contributed by atoms with van der Waals surface area (Å²) in [4.78, 5) is 11.8. The summed E-state index contributed by atoms with van der Waals surface area (Å²) in [6, 6.07) is 0. The minimum atomic E-state index is -0.102. The number of fused-ring (bicyclic) bond motifs is 2. The molecule has 2 unspecified atom stereocenters. The van der Waals surface area contributed by atoms with E-state index in [0.717, 1.165) is 25.2 Å². The normalized spacial score (nSPS) is 41.9. The molecule has 2 saturated carbocycles. The van der Waals surface area contributed by atoms with E-state index < -0.39 is 0 Å². The second-order valence-corrected chi connectivity index (χ2v) is 5.28. The van der Waals surface area contributed by atoms with E-state index >= 15 is 0 Å². The highest BCUT2D eigenvalue weighted by molar-refractivity contribution is 5.77. The van der Waals surface area contributed by atoms with Gasteiger partial charge in [-0.05, 0) is 37.5 Å². The molecule has 0 aromatic carbocycles. The molecular formula is C12H20O2. The van der Waals surface area contributed by atoms with E-state index in [1.54, 1.807) is 0 Å². The first-order chi connectivity index (χ1) is 6.66. The first-order valence-electron chi connectivity index (χ1n) is 5.75. The molecule has 2 fully saturated rings. The number of carbonyl (C=O) groups excluding carboxylic acids is 1. The van der Waals surface area contributed by atoms with Crippen molar-refractivity contribution < 1.29 is 9.53 Å². The highest BCUT2D eigenvalue weighted by Crippen LogP contribution is 2.51. The summed E-state index contributed by atoms with van der Waals surface area (Å²) in [5, 5.41) is 0. The highest BCUT2D eigenvalue weighted by Gasteiger charge is 2.47. The van der Waals surface area contributed by atoms with Crippen LogP contribution in [0.25, 0.3) is 0 Å². The Bertz CT molecular complexity index is 232. The first kappa shape index (κ1) is 10.0. The summed E-state index contributed by atoms with van der Waals surface area (Å²) in [5.74, 6) is 1.54. The predicted octanol–water partition coefficient (Wildman–Crippen LogP) is 2.77. The van der Waals surface area contributed by atoms with Crippen LogP contribution in [0.5, 0.6) is 0 Å². The summed E-state index contributed by atoms with van der Waals surface area (Å²) < 4.78 is 4.98. The van der Waals surface area contributed by atoms with Crippen LogP contribution in [0.4, 0.5) is 0 Å². The molecule has 0 radical (unpaired) electrons. The molecule has 0 aromatic heterocycles. The molecule has 3 atom stereocenters. The molecule has 2 nitrogen and oxygen atoms in total. The third-order valence-electron chi connectivity index (χ3n) is 4.04. The van der Waals surface area contributed by atoms with E-state index in [1.165, 1.54) is 26.4 Å². The largest absolute Gasteiger partial charge is 0.469 e. The van der Waals surface area contributed by atoms with E-state index in [4.69, 9.17) is 4.74 Å². The van der Waals surface area contributed by atoms with Gasteiger partial charge in [-0.1, -0.05) is 19.8 Å². The van der Waals surface area contributed by atoms with Crippen LogP contribution in [0, 0.1) is 17.3 Å². The Labute approximate surface area is 86.0 Å². The van der Waals surface area contributed by atoms with Crippen LogP contribution < -0.4 is 0 Å². The van der Waals surface area contributed by atoms with Gasteiger partial charge in [0.05, 0.1) is 12.5 Å². The molecule has 2 heteroatoms. The molecule has 0 heterocycles. The van der Waals surface area contributed by atoms with Crippen LogP contribution in [0.1, 0.15) is 45.4 Å². The lowest BCUT2D eigenvalue weighted by molar-refractivity contribution is -0.160. The summed E-state index contributed by atoms with van der Waals surface area (Å²) in [5.41, 5.74) is -0.102. The molecule has 0 N–H and O–H groups in total. The van der Waals surface area contributed by atoms with Crippen LogP contribution in [0.3, 0.4) is 0 Å². The van der Waals surface area contributed by atoms with Crippen LogP contribution in [-0.2, 0) is 9.53 Å². The van der Waals surface area contributed by atoms with E-state index in [2.05, 4.69) is 6.92 Å². The number of esters is 1. The quantitative estimate of drug-likeness (QED) is 0.603. The SMILES string of the molecule is COC(=O)C12CCCC(C[C@@H](C)C1)C2. The smallest absolute Gasteiger partial charge is 0.311 e. The average molecular weight is 196 g/mol. The minimum Gasteiger partial charge on any atom is -0.469 e. The average Bonchev–Trinajstić information content (AvgIpc) is 2.15. The maximum absolute atomic E-state index is 11.8. The van der Waals surface area contributed by atoms with Crippen molar-refractivity contribution in [3.8, 4) is 0 Å². The summed E-state index contributed by atoms with van der Waals surface area (Å²) in [6.45, 7) is 2.27. The Balaban J connectivity index is 2.18. The van der Waals surface area contributed by atoms with Gasteiger partial charge in [0.2, 0.25) is 0 Å². The zero-order valence-corrected chi connectivity index (χ0v) is 9.21. The lowest BCUT2D eigenvalue weighted by Crippen LogP contribution is -2.42. The summed E-state index contributed by atoms with van der Waals surface area (Å²) in [6.07, 6.45) is 7.05. The van der Waals surface area contributed by atoms with E-state index in [1.807, 2.05) is 0 Å². The molecule has 2 bridgehead atoms. The maximum Gasteiger partial charge on any atom is 0.311 e. The fourth-order valence-corrected chi connectivity index (χ4v) is 3.68. The van der Waals surface area contributed by atoms with Gasteiger partial charge in [0.25, 0.3) is 0 Å². The van der Waals surface area contributed by atoms with Crippen molar-refractivity contribution in [2.75, 3.05) is 7.11 Å². The van der Waals surface area contributed by atoms with Crippen molar-refractivity contribution >= 4 is 5.97 Å². The van der Waals surface area contributed by atoms with Gasteiger partial charge in [0.15, 0.2) is 0 Å². The zero-order chi connectivity index (χ0) is 10.2. The number of ether oxygens (including phenoxy) is 1. The minimum absolute atomic E-state index is 0.0498. The fourth-order valence-electron chi connectivity index (χ4n) is 3.68. The molecule has 0 aliphatic heterocycles. The van der Waals surface area contributed by atoms with E-state index in [9.17, 15) is 4.79 Å². The van der Waals surface area contributed by atoms with Crippen molar-refractivity contribution in [3.63, 3.8) is 0 Å². The topological polar surface area (TPSA) is 26.3 Å². The van der Waals surface area contributed by atoms with Gasteiger partial charge in [-0.2, -0.15) is 0 Å². The third kappa shape index (κ3) is 1.55. The predicted molar refractivity (Wildman–Crippen MR) is 54.8 cm³/mol. The van der Waals surface area contributed by atoms with Gasteiger partial charge in [-0.15, -0.1) is 0 Å². The van der Waals surface area contributed by atoms with E-state index in [-0.39, 0.29) is 11.4 Å². The van der Waals surface area contributed by atoms with Crippen LogP contribution >= 0.6 is 0 Å². The lowest BCUT2D eigenvalue weighted by Gasteiger charge is -2.45. The van der Waals surface area contributed by atoms with Crippen molar-refractivity contribution in [1.29, 1.82) is 0 Å². The number of hydrogen-bond acceptors (Lipinski definition) is 2. The standard InChI is InChI=1S/C12H20O2/c1-9-6-10-4-3-5-12(7-9,8-10)11(13)14-2/h9-10H,3-8H2,1-2H3/t9-,10?,12?/m1/s1. The van der Waals surface area contributed by atoms with Crippen molar-refractivity contribution in [3.05, 3.63) is 0 Å². The Hall–Kier alpha value is -0.530. The molecule has 2 aliphatic rings. The van der Waals surface area contributed by atoms with Gasteiger partial charge in [-0.3, -0.25) is 4.79 Å². The van der Waals surface area contributed by atoms with Crippen LogP contribution in [0.15, 0.2) is 0 Å². The lowest BCUT2D eigenvalue weighted by atomic mass is 9.59. The molecule has 0 aromatic rings. The Morgan fingerprint density at radius 1 is 1.43 bits per heavy atom.